The normalized spacial score (nSPS) is 11.3. The van der Waals surface area contributed by atoms with Crippen LogP contribution in [0.1, 0.15) is 37.8 Å². The molecular weight excluding hydrogens is 286 g/mol. The molecule has 116 valence electrons. The summed E-state index contributed by atoms with van der Waals surface area (Å²) >= 11 is 0. The first-order valence-electron chi connectivity index (χ1n) is 7.17. The Morgan fingerprint density at radius 1 is 1.29 bits per heavy atom. The van der Waals surface area contributed by atoms with E-state index in [4.69, 9.17) is 5.11 Å². The van der Waals surface area contributed by atoms with E-state index in [0.29, 0.717) is 18.0 Å². The molecule has 0 bridgehead atoms. The lowest BCUT2D eigenvalue weighted by Crippen LogP contribution is -2.31. The SMILES string of the molecule is CCCCN(CC)S(=O)(=O)c1ccc(C#CCO)c(C)c1. The number of sulfonamides is 1. The molecule has 0 fully saturated rings. The number of nitrogens with zero attached hydrogens (tertiary/aromatic N) is 1. The monoisotopic (exact) mass is 309 g/mol. The van der Waals surface area contributed by atoms with E-state index < -0.39 is 10.0 Å². The minimum atomic E-state index is -3.45. The van der Waals surface area contributed by atoms with Crippen molar-refractivity contribution in [2.75, 3.05) is 19.7 Å². The standard InChI is InChI=1S/C16H23NO3S/c1-4-6-11-17(5-2)21(19,20)16-10-9-15(8-7-12-18)14(3)13-16/h9-10,13,18H,4-6,11-12H2,1-3H3. The van der Waals surface area contributed by atoms with Gasteiger partial charge in [-0.3, -0.25) is 0 Å². The van der Waals surface area contributed by atoms with Crippen LogP contribution in [-0.2, 0) is 10.0 Å². The van der Waals surface area contributed by atoms with Gasteiger partial charge in [-0.25, -0.2) is 8.42 Å². The first-order valence-corrected chi connectivity index (χ1v) is 8.61. The smallest absolute Gasteiger partial charge is 0.243 e. The molecule has 21 heavy (non-hydrogen) atoms. The highest BCUT2D eigenvalue weighted by Crippen LogP contribution is 2.19. The molecule has 5 heteroatoms. The topological polar surface area (TPSA) is 57.6 Å². The van der Waals surface area contributed by atoms with Crippen LogP contribution in [0, 0.1) is 18.8 Å². The summed E-state index contributed by atoms with van der Waals surface area (Å²) in [7, 11) is -3.45. The molecule has 0 spiro atoms. The average molecular weight is 309 g/mol. The van der Waals surface area contributed by atoms with Gasteiger partial charge < -0.3 is 5.11 Å². The minimum absolute atomic E-state index is 0.208. The van der Waals surface area contributed by atoms with Crippen LogP contribution >= 0.6 is 0 Å². The number of hydrogen-bond acceptors (Lipinski definition) is 3. The molecule has 0 unspecified atom stereocenters. The zero-order valence-electron chi connectivity index (χ0n) is 12.9. The molecule has 0 aromatic heterocycles. The van der Waals surface area contributed by atoms with Gasteiger partial charge in [0.15, 0.2) is 0 Å². The van der Waals surface area contributed by atoms with Gasteiger partial charge in [-0.15, -0.1) is 0 Å². The van der Waals surface area contributed by atoms with E-state index in [2.05, 4.69) is 11.8 Å². The molecule has 0 aliphatic rings. The maximum atomic E-state index is 12.6. The van der Waals surface area contributed by atoms with Gasteiger partial charge in [0.25, 0.3) is 0 Å². The molecule has 1 aromatic rings. The Morgan fingerprint density at radius 3 is 2.52 bits per heavy atom. The second-order valence-corrected chi connectivity index (χ2v) is 6.72. The predicted molar refractivity (Wildman–Crippen MR) is 84.5 cm³/mol. The summed E-state index contributed by atoms with van der Waals surface area (Å²) in [6.45, 7) is 6.51. The van der Waals surface area contributed by atoms with Gasteiger partial charge in [-0.05, 0) is 37.1 Å². The third-order valence-corrected chi connectivity index (χ3v) is 5.22. The summed E-state index contributed by atoms with van der Waals surface area (Å²) in [4.78, 5) is 0.299. The molecule has 0 saturated carbocycles. The maximum Gasteiger partial charge on any atom is 0.243 e. The van der Waals surface area contributed by atoms with Crippen molar-refractivity contribution in [3.63, 3.8) is 0 Å². The molecule has 1 N–H and O–H groups in total. The first-order chi connectivity index (χ1) is 9.97. The van der Waals surface area contributed by atoms with Crippen LogP contribution in [0.4, 0.5) is 0 Å². The van der Waals surface area contributed by atoms with Crippen LogP contribution < -0.4 is 0 Å². The number of aryl methyl sites for hydroxylation is 1. The molecule has 1 aromatic carbocycles. The summed E-state index contributed by atoms with van der Waals surface area (Å²) in [5.74, 6) is 5.38. The van der Waals surface area contributed by atoms with Crippen molar-refractivity contribution in [2.24, 2.45) is 0 Å². The highest BCUT2D eigenvalue weighted by molar-refractivity contribution is 7.89. The van der Waals surface area contributed by atoms with Crippen molar-refractivity contribution >= 4 is 10.0 Å². The summed E-state index contributed by atoms with van der Waals surface area (Å²) in [5, 5.41) is 8.71. The molecular formula is C16H23NO3S. The van der Waals surface area contributed by atoms with E-state index in [9.17, 15) is 8.42 Å². The van der Waals surface area contributed by atoms with Gasteiger partial charge in [-0.2, -0.15) is 4.31 Å². The Hall–Kier alpha value is -1.35. The zero-order chi connectivity index (χ0) is 15.9. The number of benzene rings is 1. The predicted octanol–water partition coefficient (Wildman–Crippen LogP) is 2.15. The van der Waals surface area contributed by atoms with E-state index in [-0.39, 0.29) is 6.61 Å². The average Bonchev–Trinajstić information content (AvgIpc) is 2.46. The van der Waals surface area contributed by atoms with Crippen LogP contribution in [0.2, 0.25) is 0 Å². The lowest BCUT2D eigenvalue weighted by atomic mass is 10.1. The second-order valence-electron chi connectivity index (χ2n) is 4.79. The Bertz CT molecular complexity index is 627. The van der Waals surface area contributed by atoms with Crippen molar-refractivity contribution in [3.8, 4) is 11.8 Å². The third-order valence-electron chi connectivity index (χ3n) is 3.25. The molecule has 0 atom stereocenters. The first kappa shape index (κ1) is 17.7. The Morgan fingerprint density at radius 2 is 2.00 bits per heavy atom. The number of rotatable bonds is 6. The Labute approximate surface area is 127 Å². The number of aliphatic hydroxyl groups is 1. The third kappa shape index (κ3) is 4.57. The molecule has 4 nitrogen and oxygen atoms in total. The second kappa shape index (κ2) is 8.18. The summed E-state index contributed by atoms with van der Waals surface area (Å²) in [5.41, 5.74) is 1.53. The van der Waals surface area contributed by atoms with E-state index in [0.717, 1.165) is 24.0 Å². The van der Waals surface area contributed by atoms with E-state index in [1.165, 1.54) is 4.31 Å². The summed E-state index contributed by atoms with van der Waals surface area (Å²) < 4.78 is 26.7. The van der Waals surface area contributed by atoms with Crippen LogP contribution in [0.3, 0.4) is 0 Å². The summed E-state index contributed by atoms with van der Waals surface area (Å²) in [6, 6.07) is 4.92. The van der Waals surface area contributed by atoms with E-state index in [1.54, 1.807) is 18.2 Å². The minimum Gasteiger partial charge on any atom is -0.384 e. The molecule has 1 rings (SSSR count). The molecule has 0 aliphatic carbocycles. The fourth-order valence-electron chi connectivity index (χ4n) is 2.00. The van der Waals surface area contributed by atoms with Crippen molar-refractivity contribution in [1.29, 1.82) is 0 Å². The summed E-state index contributed by atoms with van der Waals surface area (Å²) in [6.07, 6.45) is 1.81. The molecule has 0 saturated heterocycles. The fraction of sp³-hybridized carbons (Fsp3) is 0.500. The van der Waals surface area contributed by atoms with Gasteiger partial charge in [0.05, 0.1) is 4.90 Å². The van der Waals surface area contributed by atoms with Gasteiger partial charge in [-0.1, -0.05) is 32.1 Å². The quantitative estimate of drug-likeness (QED) is 0.819. The van der Waals surface area contributed by atoms with Crippen LogP contribution in [0.15, 0.2) is 23.1 Å². The number of aliphatic hydroxyl groups excluding tert-OH is 1. The van der Waals surface area contributed by atoms with Crippen molar-refractivity contribution < 1.29 is 13.5 Å². The number of unbranched alkanes of at least 4 members (excludes halogenated alkanes) is 1. The fourth-order valence-corrected chi connectivity index (χ4v) is 3.58. The molecule has 0 heterocycles. The van der Waals surface area contributed by atoms with Crippen molar-refractivity contribution in [1.82, 2.24) is 4.31 Å². The van der Waals surface area contributed by atoms with Gasteiger partial charge >= 0.3 is 0 Å². The lowest BCUT2D eigenvalue weighted by Gasteiger charge is -2.20. The molecule has 0 amide bonds. The van der Waals surface area contributed by atoms with Gasteiger partial charge in [0.2, 0.25) is 10.0 Å². The van der Waals surface area contributed by atoms with Gasteiger partial charge in [0, 0.05) is 18.7 Å². The van der Waals surface area contributed by atoms with Gasteiger partial charge in [0.1, 0.15) is 6.61 Å². The number of hydrogen-bond donors (Lipinski definition) is 1. The Balaban J connectivity index is 3.11. The van der Waals surface area contributed by atoms with Crippen LogP contribution in [0.25, 0.3) is 0 Å². The highest BCUT2D eigenvalue weighted by Gasteiger charge is 2.22. The van der Waals surface area contributed by atoms with Crippen molar-refractivity contribution in [2.45, 2.75) is 38.5 Å². The molecule has 0 radical (unpaired) electrons. The van der Waals surface area contributed by atoms with Crippen LogP contribution in [-0.4, -0.2) is 37.5 Å². The zero-order valence-corrected chi connectivity index (χ0v) is 13.7. The molecule has 0 aliphatic heterocycles. The van der Waals surface area contributed by atoms with E-state index in [1.807, 2.05) is 20.8 Å². The van der Waals surface area contributed by atoms with Crippen molar-refractivity contribution in [3.05, 3.63) is 29.3 Å². The van der Waals surface area contributed by atoms with E-state index >= 15 is 0 Å². The van der Waals surface area contributed by atoms with Crippen LogP contribution in [0.5, 0.6) is 0 Å². The largest absolute Gasteiger partial charge is 0.384 e. The maximum absolute atomic E-state index is 12.6. The highest BCUT2D eigenvalue weighted by atomic mass is 32.2. The lowest BCUT2D eigenvalue weighted by molar-refractivity contribution is 0.350. The Kier molecular flexibility index (Phi) is 6.90.